The molecule has 0 spiro atoms. The molecular formula is C22H16Cl2N4O4S. The predicted octanol–water partition coefficient (Wildman–Crippen LogP) is 4.52. The molecule has 0 aliphatic heterocycles. The van der Waals surface area contributed by atoms with Gasteiger partial charge in [0, 0.05) is 52.8 Å². The lowest BCUT2D eigenvalue weighted by atomic mass is 10.0. The quantitative estimate of drug-likeness (QED) is 0.365. The molecule has 0 radical (unpaired) electrons. The maximum Gasteiger partial charge on any atom is 0.379 e. The van der Waals surface area contributed by atoms with Crippen LogP contribution in [0.15, 0.2) is 59.5 Å². The van der Waals surface area contributed by atoms with E-state index in [1.54, 1.807) is 41.9 Å². The van der Waals surface area contributed by atoms with Gasteiger partial charge in [-0.3, -0.25) is 13.9 Å². The van der Waals surface area contributed by atoms with Crippen LogP contribution in [-0.2, 0) is 24.4 Å². The van der Waals surface area contributed by atoms with Crippen molar-refractivity contribution in [2.45, 2.75) is 0 Å². The second-order valence-corrected chi connectivity index (χ2v) is 9.74. The Balaban J connectivity index is 1.80. The molecule has 0 saturated carbocycles. The number of rotatable bonds is 3. The van der Waals surface area contributed by atoms with Crippen molar-refractivity contribution in [1.29, 1.82) is 0 Å². The van der Waals surface area contributed by atoms with Crippen molar-refractivity contribution in [2.75, 3.05) is 0 Å². The molecule has 0 atom stereocenters. The molecule has 5 aromatic rings. The van der Waals surface area contributed by atoms with E-state index < -0.39 is 10.3 Å². The summed E-state index contributed by atoms with van der Waals surface area (Å²) in [6.07, 6.45) is 1.17. The predicted molar refractivity (Wildman–Crippen MR) is 129 cm³/mol. The number of aryl methyl sites for hydroxylation is 2. The minimum absolute atomic E-state index is 0.204. The molecule has 0 unspecified atom stereocenters. The van der Waals surface area contributed by atoms with E-state index in [-0.39, 0.29) is 5.56 Å². The first-order valence-corrected chi connectivity index (χ1v) is 11.8. The number of aromatic nitrogens is 4. The Labute approximate surface area is 198 Å². The fraction of sp³-hybridized carbons (Fsp3) is 0.0909. The number of hydrogen-bond donors (Lipinski definition) is 1. The molecule has 0 aliphatic carbocycles. The van der Waals surface area contributed by atoms with Crippen LogP contribution in [0.1, 0.15) is 0 Å². The first-order chi connectivity index (χ1) is 15.6. The van der Waals surface area contributed by atoms with Crippen molar-refractivity contribution in [3.63, 3.8) is 0 Å². The normalized spacial score (nSPS) is 12.2. The Kier molecular flexibility index (Phi) is 4.91. The highest BCUT2D eigenvalue weighted by molar-refractivity contribution is 7.84. The summed E-state index contributed by atoms with van der Waals surface area (Å²) in [6.45, 7) is 0. The van der Waals surface area contributed by atoms with E-state index in [2.05, 4.69) is 5.10 Å². The first-order valence-electron chi connectivity index (χ1n) is 9.68. The van der Waals surface area contributed by atoms with E-state index >= 15 is 0 Å². The monoisotopic (exact) mass is 502 g/mol. The number of fused-ring (bicyclic) bond motifs is 3. The molecular weight excluding hydrogens is 487 g/mol. The van der Waals surface area contributed by atoms with Crippen LogP contribution < -0.4 is 5.56 Å². The van der Waals surface area contributed by atoms with Gasteiger partial charge in [0.1, 0.15) is 5.65 Å². The molecule has 3 aromatic heterocycles. The van der Waals surface area contributed by atoms with Gasteiger partial charge in [-0.15, -0.1) is 4.09 Å². The number of nitrogens with zero attached hydrogens (tertiary/aromatic N) is 4. The minimum Gasteiger partial charge on any atom is -0.330 e. The Morgan fingerprint density at radius 2 is 1.67 bits per heavy atom. The van der Waals surface area contributed by atoms with E-state index in [1.807, 2.05) is 23.7 Å². The standard InChI is InChI=1S/C22H16Cl2N4O4S/c1-26-20-6-3-12(19-7-8-28(25-19)33(30,31)32)9-15(20)16-11-17(22(29)27(2)21(16)26)14-5-4-13(23)10-18(14)24/h3-11H,1-2H3,(H,30,31,32). The zero-order chi connectivity index (χ0) is 23.7. The fourth-order valence-corrected chi connectivity index (χ4v) is 5.06. The Morgan fingerprint density at radius 3 is 2.33 bits per heavy atom. The summed E-state index contributed by atoms with van der Waals surface area (Å²) in [4.78, 5) is 13.2. The zero-order valence-electron chi connectivity index (χ0n) is 17.3. The first kappa shape index (κ1) is 21.7. The van der Waals surface area contributed by atoms with Crippen LogP contribution in [0.25, 0.3) is 44.3 Å². The molecule has 0 aliphatic rings. The van der Waals surface area contributed by atoms with Crippen molar-refractivity contribution in [1.82, 2.24) is 18.3 Å². The third-order valence-corrected chi connectivity index (χ3v) is 6.89. The Morgan fingerprint density at radius 1 is 0.909 bits per heavy atom. The van der Waals surface area contributed by atoms with Gasteiger partial charge in [0.25, 0.3) is 5.56 Å². The van der Waals surface area contributed by atoms with Gasteiger partial charge >= 0.3 is 10.3 Å². The lowest BCUT2D eigenvalue weighted by Gasteiger charge is -2.09. The van der Waals surface area contributed by atoms with Crippen molar-refractivity contribution < 1.29 is 13.0 Å². The fourth-order valence-electron chi connectivity index (χ4n) is 4.14. The van der Waals surface area contributed by atoms with E-state index in [0.717, 1.165) is 16.3 Å². The van der Waals surface area contributed by atoms with Crippen LogP contribution in [0, 0.1) is 0 Å². The zero-order valence-corrected chi connectivity index (χ0v) is 19.6. The Hall–Kier alpha value is -3.11. The van der Waals surface area contributed by atoms with Crippen molar-refractivity contribution >= 4 is 55.4 Å². The molecule has 5 rings (SSSR count). The molecule has 0 saturated heterocycles. The van der Waals surface area contributed by atoms with E-state index in [9.17, 15) is 17.8 Å². The number of benzene rings is 2. The summed E-state index contributed by atoms with van der Waals surface area (Å²) in [5.74, 6) is 0. The molecule has 0 amide bonds. The molecule has 33 heavy (non-hydrogen) atoms. The molecule has 1 N–H and O–H groups in total. The van der Waals surface area contributed by atoms with Gasteiger partial charge in [0.15, 0.2) is 0 Å². The highest BCUT2D eigenvalue weighted by atomic mass is 35.5. The average molecular weight is 503 g/mol. The van der Waals surface area contributed by atoms with Crippen molar-refractivity contribution in [3.05, 3.63) is 75.1 Å². The summed E-state index contributed by atoms with van der Waals surface area (Å²) in [6, 6.07) is 13.8. The largest absolute Gasteiger partial charge is 0.379 e. The maximum absolute atomic E-state index is 13.2. The smallest absolute Gasteiger partial charge is 0.330 e. The second-order valence-electron chi connectivity index (χ2n) is 7.63. The van der Waals surface area contributed by atoms with Crippen LogP contribution >= 0.6 is 23.2 Å². The minimum atomic E-state index is -4.48. The molecule has 3 heterocycles. The van der Waals surface area contributed by atoms with E-state index in [0.29, 0.717) is 42.2 Å². The van der Waals surface area contributed by atoms with Crippen LogP contribution in [0.4, 0.5) is 0 Å². The summed E-state index contributed by atoms with van der Waals surface area (Å²) in [7, 11) is -0.909. The van der Waals surface area contributed by atoms with Crippen LogP contribution in [-0.4, -0.2) is 31.3 Å². The second kappa shape index (κ2) is 7.46. The SMILES string of the molecule is Cn1c(=O)c(-c2ccc(Cl)cc2Cl)cc2c3cc(-c4ccn(S(=O)(=O)O)n4)ccc3n(C)c21. The summed E-state index contributed by atoms with van der Waals surface area (Å²) < 4.78 is 35.9. The van der Waals surface area contributed by atoms with Gasteiger partial charge in [-0.05, 0) is 36.4 Å². The molecule has 8 nitrogen and oxygen atoms in total. The lowest BCUT2D eigenvalue weighted by Crippen LogP contribution is -2.20. The highest BCUT2D eigenvalue weighted by Crippen LogP contribution is 2.35. The Bertz CT molecular complexity index is 1770. The van der Waals surface area contributed by atoms with Crippen molar-refractivity contribution in [2.24, 2.45) is 14.1 Å². The van der Waals surface area contributed by atoms with Crippen LogP contribution in [0.2, 0.25) is 10.0 Å². The third-order valence-electron chi connectivity index (χ3n) is 5.67. The summed E-state index contributed by atoms with van der Waals surface area (Å²) in [5, 5.41) is 6.45. The molecule has 0 bridgehead atoms. The van der Waals surface area contributed by atoms with Gasteiger partial charge in [-0.2, -0.15) is 13.5 Å². The average Bonchev–Trinajstić information content (AvgIpc) is 3.35. The van der Waals surface area contributed by atoms with Gasteiger partial charge in [0.2, 0.25) is 0 Å². The van der Waals surface area contributed by atoms with Crippen LogP contribution in [0.5, 0.6) is 0 Å². The van der Waals surface area contributed by atoms with Gasteiger partial charge in [-0.1, -0.05) is 35.3 Å². The van der Waals surface area contributed by atoms with E-state index in [4.69, 9.17) is 23.2 Å². The number of halogens is 2. The number of hydrogen-bond acceptors (Lipinski definition) is 4. The molecule has 11 heteroatoms. The van der Waals surface area contributed by atoms with Gasteiger partial charge in [-0.25, -0.2) is 0 Å². The maximum atomic E-state index is 13.2. The highest BCUT2D eigenvalue weighted by Gasteiger charge is 2.18. The van der Waals surface area contributed by atoms with Gasteiger partial charge < -0.3 is 4.57 Å². The summed E-state index contributed by atoms with van der Waals surface area (Å²) >= 11 is 12.4. The van der Waals surface area contributed by atoms with Crippen LogP contribution in [0.3, 0.4) is 0 Å². The molecule has 0 fully saturated rings. The number of pyridine rings is 1. The topological polar surface area (TPSA) is 99.1 Å². The lowest BCUT2D eigenvalue weighted by molar-refractivity contribution is 0.466. The van der Waals surface area contributed by atoms with Crippen molar-refractivity contribution in [3.8, 4) is 22.4 Å². The van der Waals surface area contributed by atoms with Gasteiger partial charge in [0.05, 0.1) is 16.2 Å². The van der Waals surface area contributed by atoms with E-state index in [1.165, 1.54) is 12.3 Å². The molecule has 168 valence electrons. The third kappa shape index (κ3) is 3.44. The summed E-state index contributed by atoms with van der Waals surface area (Å²) in [5.41, 5.74) is 3.41. The molecule has 2 aromatic carbocycles.